The van der Waals surface area contributed by atoms with Crippen molar-refractivity contribution in [2.75, 3.05) is 13.7 Å². The lowest BCUT2D eigenvalue weighted by atomic mass is 10.2. The van der Waals surface area contributed by atoms with Gasteiger partial charge in [0.2, 0.25) is 5.91 Å². The molecule has 0 saturated heterocycles. The molecule has 1 amide bonds. The lowest BCUT2D eigenvalue weighted by Gasteiger charge is -2.12. The number of carbonyl (C=O) groups excluding carboxylic acids is 1. The molecule has 1 aromatic heterocycles. The van der Waals surface area contributed by atoms with Crippen LogP contribution in [0.25, 0.3) is 0 Å². The van der Waals surface area contributed by atoms with Crippen molar-refractivity contribution >= 4 is 5.91 Å². The van der Waals surface area contributed by atoms with E-state index in [4.69, 9.17) is 10.5 Å². The SMILES string of the molecule is COCC(N)c1cnnn1CC(=O)NCc1ccccc1. The third kappa shape index (κ3) is 4.37. The summed E-state index contributed by atoms with van der Waals surface area (Å²) in [5, 5.41) is 10.5. The van der Waals surface area contributed by atoms with Crippen LogP contribution < -0.4 is 11.1 Å². The number of ether oxygens (including phenoxy) is 1. The molecule has 7 nitrogen and oxygen atoms in total. The van der Waals surface area contributed by atoms with E-state index in [0.717, 1.165) is 5.56 Å². The highest BCUT2D eigenvalue weighted by atomic mass is 16.5. The van der Waals surface area contributed by atoms with Gasteiger partial charge >= 0.3 is 0 Å². The molecule has 0 fully saturated rings. The van der Waals surface area contributed by atoms with Crippen LogP contribution >= 0.6 is 0 Å². The van der Waals surface area contributed by atoms with Gasteiger partial charge in [-0.15, -0.1) is 5.10 Å². The monoisotopic (exact) mass is 289 g/mol. The maximum Gasteiger partial charge on any atom is 0.242 e. The Morgan fingerprint density at radius 2 is 2.19 bits per heavy atom. The number of benzene rings is 1. The molecule has 21 heavy (non-hydrogen) atoms. The van der Waals surface area contributed by atoms with E-state index in [2.05, 4.69) is 15.6 Å². The van der Waals surface area contributed by atoms with E-state index < -0.39 is 0 Å². The molecule has 0 bridgehead atoms. The van der Waals surface area contributed by atoms with Gasteiger partial charge in [-0.2, -0.15) is 0 Å². The molecule has 3 N–H and O–H groups in total. The molecule has 2 aromatic rings. The Morgan fingerprint density at radius 1 is 1.43 bits per heavy atom. The van der Waals surface area contributed by atoms with E-state index in [0.29, 0.717) is 18.8 Å². The average Bonchev–Trinajstić information content (AvgIpc) is 2.95. The van der Waals surface area contributed by atoms with Crippen molar-refractivity contribution in [2.45, 2.75) is 19.1 Å². The number of aromatic nitrogens is 3. The molecule has 2 rings (SSSR count). The van der Waals surface area contributed by atoms with Gasteiger partial charge in [0, 0.05) is 13.7 Å². The van der Waals surface area contributed by atoms with Crippen LogP contribution in [0.2, 0.25) is 0 Å². The van der Waals surface area contributed by atoms with Crippen LogP contribution in [0.5, 0.6) is 0 Å². The zero-order valence-electron chi connectivity index (χ0n) is 11.9. The molecule has 1 unspecified atom stereocenters. The molecule has 1 aromatic carbocycles. The Morgan fingerprint density at radius 3 is 2.90 bits per heavy atom. The molecule has 1 heterocycles. The fourth-order valence-electron chi connectivity index (χ4n) is 1.93. The summed E-state index contributed by atoms with van der Waals surface area (Å²) in [6, 6.07) is 9.35. The van der Waals surface area contributed by atoms with Gasteiger partial charge in [-0.05, 0) is 5.56 Å². The van der Waals surface area contributed by atoms with Crippen LogP contribution in [0.15, 0.2) is 36.5 Å². The number of methoxy groups -OCH3 is 1. The van der Waals surface area contributed by atoms with Crippen molar-refractivity contribution in [2.24, 2.45) is 5.73 Å². The molecule has 0 spiro atoms. The summed E-state index contributed by atoms with van der Waals surface area (Å²) < 4.78 is 6.49. The number of nitrogens with one attached hydrogen (secondary N) is 1. The van der Waals surface area contributed by atoms with E-state index in [1.165, 1.54) is 4.68 Å². The lowest BCUT2D eigenvalue weighted by Crippen LogP contribution is -2.30. The summed E-state index contributed by atoms with van der Waals surface area (Å²) in [5.41, 5.74) is 7.65. The first kappa shape index (κ1) is 15.1. The second-order valence-corrected chi connectivity index (χ2v) is 4.64. The maximum atomic E-state index is 11.9. The first-order valence-electron chi connectivity index (χ1n) is 6.64. The van der Waals surface area contributed by atoms with Gasteiger partial charge in [-0.25, -0.2) is 4.68 Å². The highest BCUT2D eigenvalue weighted by Gasteiger charge is 2.14. The second kappa shape index (κ2) is 7.51. The Hall–Kier alpha value is -2.25. The zero-order valence-corrected chi connectivity index (χ0v) is 11.9. The van der Waals surface area contributed by atoms with Gasteiger partial charge in [0.1, 0.15) is 6.54 Å². The number of amides is 1. The van der Waals surface area contributed by atoms with E-state index in [1.807, 2.05) is 30.3 Å². The van der Waals surface area contributed by atoms with Crippen LogP contribution in [0.3, 0.4) is 0 Å². The number of carbonyl (C=O) groups is 1. The Bertz CT molecular complexity index is 570. The number of hydrogen-bond donors (Lipinski definition) is 2. The van der Waals surface area contributed by atoms with E-state index in [-0.39, 0.29) is 18.5 Å². The Labute approximate surface area is 123 Å². The molecule has 0 saturated carbocycles. The zero-order chi connectivity index (χ0) is 15.1. The maximum absolute atomic E-state index is 11.9. The number of nitrogens with zero attached hydrogens (tertiary/aromatic N) is 3. The van der Waals surface area contributed by atoms with Crippen LogP contribution in [-0.2, 0) is 22.6 Å². The third-order valence-corrected chi connectivity index (χ3v) is 3.00. The summed E-state index contributed by atoms with van der Waals surface area (Å²) >= 11 is 0. The van der Waals surface area contributed by atoms with Gasteiger partial charge < -0.3 is 15.8 Å². The smallest absolute Gasteiger partial charge is 0.242 e. The molecular formula is C14H19N5O2. The summed E-state index contributed by atoms with van der Waals surface area (Å²) in [4.78, 5) is 11.9. The van der Waals surface area contributed by atoms with Crippen molar-refractivity contribution in [3.05, 3.63) is 47.8 Å². The normalized spacial score (nSPS) is 12.1. The molecule has 0 aliphatic carbocycles. The summed E-state index contributed by atoms with van der Waals surface area (Å²) in [5.74, 6) is -0.143. The summed E-state index contributed by atoms with van der Waals surface area (Å²) in [6.45, 7) is 0.909. The topological polar surface area (TPSA) is 95.1 Å². The first-order valence-corrected chi connectivity index (χ1v) is 6.64. The van der Waals surface area contributed by atoms with Gasteiger partial charge in [-0.1, -0.05) is 35.5 Å². The van der Waals surface area contributed by atoms with Crippen LogP contribution in [0.1, 0.15) is 17.3 Å². The van der Waals surface area contributed by atoms with Gasteiger partial charge in [0.15, 0.2) is 0 Å². The van der Waals surface area contributed by atoms with Gasteiger partial charge in [0.05, 0.1) is 24.5 Å². The van der Waals surface area contributed by atoms with Crippen molar-refractivity contribution < 1.29 is 9.53 Å². The molecule has 1 atom stereocenters. The highest BCUT2D eigenvalue weighted by molar-refractivity contribution is 5.75. The molecule has 112 valence electrons. The van der Waals surface area contributed by atoms with E-state index >= 15 is 0 Å². The number of nitrogens with two attached hydrogens (primary N) is 1. The quantitative estimate of drug-likeness (QED) is 0.761. The summed E-state index contributed by atoms with van der Waals surface area (Å²) in [6.07, 6.45) is 1.55. The fourth-order valence-corrected chi connectivity index (χ4v) is 1.93. The Balaban J connectivity index is 1.90. The fraction of sp³-hybridized carbons (Fsp3) is 0.357. The Kier molecular flexibility index (Phi) is 5.42. The number of hydrogen-bond acceptors (Lipinski definition) is 5. The van der Waals surface area contributed by atoms with E-state index in [1.54, 1.807) is 13.3 Å². The minimum atomic E-state index is -0.355. The van der Waals surface area contributed by atoms with Crippen molar-refractivity contribution in [1.29, 1.82) is 0 Å². The standard InChI is InChI=1S/C14H19N5O2/c1-21-10-12(15)13-8-17-18-19(13)9-14(20)16-7-11-5-3-2-4-6-11/h2-6,8,12H,7,9-10,15H2,1H3,(H,16,20). The molecular weight excluding hydrogens is 270 g/mol. The lowest BCUT2D eigenvalue weighted by molar-refractivity contribution is -0.122. The molecule has 0 radical (unpaired) electrons. The largest absolute Gasteiger partial charge is 0.383 e. The molecule has 0 aliphatic heterocycles. The second-order valence-electron chi connectivity index (χ2n) is 4.64. The van der Waals surface area contributed by atoms with Crippen LogP contribution in [0.4, 0.5) is 0 Å². The van der Waals surface area contributed by atoms with Crippen molar-refractivity contribution in [3.8, 4) is 0 Å². The first-order chi connectivity index (χ1) is 10.2. The van der Waals surface area contributed by atoms with E-state index in [9.17, 15) is 4.79 Å². The van der Waals surface area contributed by atoms with Gasteiger partial charge in [0.25, 0.3) is 0 Å². The van der Waals surface area contributed by atoms with Crippen molar-refractivity contribution in [1.82, 2.24) is 20.3 Å². The minimum absolute atomic E-state index is 0.0829. The average molecular weight is 289 g/mol. The predicted octanol–water partition coefficient (Wildman–Crippen LogP) is 0.241. The summed E-state index contributed by atoms with van der Waals surface area (Å²) in [7, 11) is 1.57. The molecule has 7 heteroatoms. The predicted molar refractivity (Wildman–Crippen MR) is 77.1 cm³/mol. The third-order valence-electron chi connectivity index (χ3n) is 3.00. The van der Waals surface area contributed by atoms with Crippen LogP contribution in [-0.4, -0.2) is 34.6 Å². The van der Waals surface area contributed by atoms with Gasteiger partial charge in [-0.3, -0.25) is 4.79 Å². The minimum Gasteiger partial charge on any atom is -0.383 e. The number of rotatable bonds is 7. The van der Waals surface area contributed by atoms with Crippen molar-refractivity contribution in [3.63, 3.8) is 0 Å². The highest BCUT2D eigenvalue weighted by Crippen LogP contribution is 2.08. The van der Waals surface area contributed by atoms with Crippen LogP contribution in [0, 0.1) is 0 Å². The molecule has 0 aliphatic rings.